The van der Waals surface area contributed by atoms with Crippen molar-refractivity contribution in [1.29, 1.82) is 0 Å². The summed E-state index contributed by atoms with van der Waals surface area (Å²) in [5.74, 6) is 0.317. The van der Waals surface area contributed by atoms with E-state index >= 15 is 0 Å². The normalized spacial score (nSPS) is 25.2. The number of fused-ring (bicyclic) bond motifs is 1. The molecule has 3 nitrogen and oxygen atoms in total. The molecule has 1 aliphatic carbocycles. The lowest BCUT2D eigenvalue weighted by Gasteiger charge is -2.26. The number of ketones is 1. The molecule has 2 atom stereocenters. The Kier molecular flexibility index (Phi) is 3.02. The fraction of sp³-hybridized carbons (Fsp3) is 0.667. The maximum Gasteiger partial charge on any atom is 0.164 e. The monoisotopic (exact) mass is 247 g/mol. The Morgan fingerprint density at radius 1 is 1.39 bits per heavy atom. The number of Topliss-reactive ketones (excluding diaryl/α,β-unsaturated/α-hetero) is 1. The van der Waals surface area contributed by atoms with Crippen LogP contribution in [0.4, 0.5) is 0 Å². The summed E-state index contributed by atoms with van der Waals surface area (Å²) in [5.41, 5.74) is 3.41. The van der Waals surface area contributed by atoms with Crippen molar-refractivity contribution >= 4 is 5.78 Å². The number of aromatic nitrogens is 1. The molecule has 18 heavy (non-hydrogen) atoms. The van der Waals surface area contributed by atoms with Crippen LogP contribution in [-0.2, 0) is 11.2 Å². The lowest BCUT2D eigenvalue weighted by molar-refractivity contribution is 0.0715. The van der Waals surface area contributed by atoms with Gasteiger partial charge in [0.05, 0.1) is 12.1 Å². The van der Waals surface area contributed by atoms with E-state index in [4.69, 9.17) is 4.74 Å². The molecule has 2 heterocycles. The van der Waals surface area contributed by atoms with Crippen LogP contribution in [0.25, 0.3) is 0 Å². The predicted molar refractivity (Wildman–Crippen MR) is 70.1 cm³/mol. The first-order valence-corrected chi connectivity index (χ1v) is 7.04. The quantitative estimate of drug-likeness (QED) is 0.804. The molecule has 2 aliphatic rings. The molecule has 2 unspecified atom stereocenters. The van der Waals surface area contributed by atoms with Gasteiger partial charge in [-0.25, -0.2) is 0 Å². The third-order valence-corrected chi connectivity index (χ3v) is 4.36. The number of rotatable bonds is 2. The number of aryl methyl sites for hydroxylation is 1. The van der Waals surface area contributed by atoms with Gasteiger partial charge in [-0.05, 0) is 45.6 Å². The Balaban J connectivity index is 1.98. The molecule has 1 saturated heterocycles. The minimum Gasteiger partial charge on any atom is -0.376 e. The van der Waals surface area contributed by atoms with Crippen molar-refractivity contribution < 1.29 is 9.53 Å². The summed E-state index contributed by atoms with van der Waals surface area (Å²) in [4.78, 5) is 12.0. The van der Waals surface area contributed by atoms with Gasteiger partial charge in [0, 0.05) is 30.0 Å². The van der Waals surface area contributed by atoms with Gasteiger partial charge in [-0.1, -0.05) is 0 Å². The zero-order chi connectivity index (χ0) is 12.7. The number of carbonyl (C=O) groups is 1. The SMILES string of the molecule is Cc1cc2c(n1C(C)C1CCCO1)CCCC2=O. The van der Waals surface area contributed by atoms with Crippen LogP contribution in [0, 0.1) is 6.92 Å². The number of hydrogen-bond acceptors (Lipinski definition) is 2. The van der Waals surface area contributed by atoms with Gasteiger partial charge in [0.2, 0.25) is 0 Å². The third-order valence-electron chi connectivity index (χ3n) is 4.36. The predicted octanol–water partition coefficient (Wildman–Crippen LogP) is 3.06. The first-order valence-electron chi connectivity index (χ1n) is 7.04. The summed E-state index contributed by atoms with van der Waals surface area (Å²) in [6.07, 6.45) is 5.36. The first kappa shape index (κ1) is 12.0. The molecule has 1 aromatic heterocycles. The van der Waals surface area contributed by atoms with Crippen LogP contribution in [0.5, 0.6) is 0 Å². The number of nitrogens with zero attached hydrogens (tertiary/aromatic N) is 1. The largest absolute Gasteiger partial charge is 0.376 e. The van der Waals surface area contributed by atoms with Crippen LogP contribution in [-0.4, -0.2) is 23.1 Å². The van der Waals surface area contributed by atoms with E-state index in [1.165, 1.54) is 11.4 Å². The standard InChI is InChI=1S/C15H21NO2/c1-10-9-12-13(5-3-6-14(12)17)16(10)11(2)15-7-4-8-18-15/h9,11,15H,3-8H2,1-2H3. The van der Waals surface area contributed by atoms with Gasteiger partial charge in [0.25, 0.3) is 0 Å². The Labute approximate surface area is 108 Å². The lowest BCUT2D eigenvalue weighted by Crippen LogP contribution is -2.24. The average Bonchev–Trinajstić information content (AvgIpc) is 2.96. The molecule has 0 N–H and O–H groups in total. The topological polar surface area (TPSA) is 31.2 Å². The molecule has 1 fully saturated rings. The first-order chi connectivity index (χ1) is 8.68. The third kappa shape index (κ3) is 1.81. The Bertz CT molecular complexity index is 469. The van der Waals surface area contributed by atoms with E-state index in [-0.39, 0.29) is 0 Å². The highest BCUT2D eigenvalue weighted by molar-refractivity contribution is 5.98. The highest BCUT2D eigenvalue weighted by atomic mass is 16.5. The van der Waals surface area contributed by atoms with Crippen molar-refractivity contribution in [3.8, 4) is 0 Å². The summed E-state index contributed by atoms with van der Waals surface area (Å²) >= 11 is 0. The van der Waals surface area contributed by atoms with Crippen LogP contribution in [0.3, 0.4) is 0 Å². The van der Waals surface area contributed by atoms with Crippen molar-refractivity contribution in [2.45, 2.75) is 58.1 Å². The molecule has 1 aliphatic heterocycles. The highest BCUT2D eigenvalue weighted by Gasteiger charge is 2.29. The van der Waals surface area contributed by atoms with Gasteiger partial charge in [-0.15, -0.1) is 0 Å². The summed E-state index contributed by atoms with van der Waals surface area (Å²) in [6, 6.07) is 2.42. The molecule has 0 saturated carbocycles. The van der Waals surface area contributed by atoms with Crippen molar-refractivity contribution in [1.82, 2.24) is 4.57 Å². The zero-order valence-corrected chi connectivity index (χ0v) is 11.2. The minimum absolute atomic E-state index is 0.317. The molecule has 1 aromatic rings. The van der Waals surface area contributed by atoms with E-state index in [9.17, 15) is 4.79 Å². The van der Waals surface area contributed by atoms with Crippen LogP contribution < -0.4 is 0 Å². The second-order valence-corrected chi connectivity index (χ2v) is 5.58. The zero-order valence-electron chi connectivity index (χ0n) is 11.2. The van der Waals surface area contributed by atoms with E-state index in [1.807, 2.05) is 0 Å². The fourth-order valence-electron chi connectivity index (χ4n) is 3.47. The molecule has 0 amide bonds. The second-order valence-electron chi connectivity index (χ2n) is 5.58. The van der Waals surface area contributed by atoms with Crippen LogP contribution >= 0.6 is 0 Å². The van der Waals surface area contributed by atoms with Crippen molar-refractivity contribution in [3.05, 3.63) is 23.0 Å². The molecule has 98 valence electrons. The van der Waals surface area contributed by atoms with E-state index < -0.39 is 0 Å². The van der Waals surface area contributed by atoms with E-state index in [2.05, 4.69) is 24.5 Å². The van der Waals surface area contributed by atoms with E-state index in [1.54, 1.807) is 0 Å². The van der Waals surface area contributed by atoms with Gasteiger partial charge in [0.1, 0.15) is 0 Å². The van der Waals surface area contributed by atoms with E-state index in [0.717, 1.165) is 37.9 Å². The number of hydrogen-bond donors (Lipinski definition) is 0. The van der Waals surface area contributed by atoms with Crippen molar-refractivity contribution in [2.75, 3.05) is 6.61 Å². The molecule has 0 bridgehead atoms. The summed E-state index contributed by atoms with van der Waals surface area (Å²) in [5, 5.41) is 0. The maximum atomic E-state index is 12.0. The Morgan fingerprint density at radius 3 is 2.94 bits per heavy atom. The molecule has 3 rings (SSSR count). The minimum atomic E-state index is 0.317. The fourth-order valence-corrected chi connectivity index (χ4v) is 3.47. The summed E-state index contributed by atoms with van der Waals surface area (Å²) in [7, 11) is 0. The summed E-state index contributed by atoms with van der Waals surface area (Å²) in [6.45, 7) is 5.22. The smallest absolute Gasteiger partial charge is 0.164 e. The van der Waals surface area contributed by atoms with Crippen LogP contribution in [0.1, 0.15) is 60.4 Å². The summed E-state index contributed by atoms with van der Waals surface area (Å²) < 4.78 is 8.16. The van der Waals surface area contributed by atoms with Crippen LogP contribution in [0.2, 0.25) is 0 Å². The van der Waals surface area contributed by atoms with Gasteiger partial charge >= 0.3 is 0 Å². The Hall–Kier alpha value is -1.09. The molecule has 0 spiro atoms. The molecule has 3 heteroatoms. The van der Waals surface area contributed by atoms with Gasteiger partial charge in [-0.3, -0.25) is 4.79 Å². The Morgan fingerprint density at radius 2 is 2.22 bits per heavy atom. The number of carbonyl (C=O) groups excluding carboxylic acids is 1. The van der Waals surface area contributed by atoms with Gasteiger partial charge in [0.15, 0.2) is 5.78 Å². The van der Waals surface area contributed by atoms with Crippen molar-refractivity contribution in [3.63, 3.8) is 0 Å². The maximum absolute atomic E-state index is 12.0. The van der Waals surface area contributed by atoms with Crippen molar-refractivity contribution in [2.24, 2.45) is 0 Å². The second kappa shape index (κ2) is 4.54. The van der Waals surface area contributed by atoms with E-state index in [0.29, 0.717) is 24.3 Å². The number of ether oxygens (including phenoxy) is 1. The average molecular weight is 247 g/mol. The highest BCUT2D eigenvalue weighted by Crippen LogP contribution is 2.32. The van der Waals surface area contributed by atoms with Crippen LogP contribution in [0.15, 0.2) is 6.07 Å². The molecule has 0 aromatic carbocycles. The van der Waals surface area contributed by atoms with Gasteiger partial charge < -0.3 is 9.30 Å². The van der Waals surface area contributed by atoms with Gasteiger partial charge in [-0.2, -0.15) is 0 Å². The lowest BCUT2D eigenvalue weighted by atomic mass is 9.96. The molecular weight excluding hydrogens is 226 g/mol. The molecule has 0 radical (unpaired) electrons. The molecular formula is C15H21NO2.